The number of nitrogens with one attached hydrogen (secondary N) is 2. The lowest BCUT2D eigenvalue weighted by atomic mass is 9.98. The Morgan fingerprint density at radius 3 is 2.54 bits per heavy atom. The number of alkyl halides is 1. The molecule has 15 heteroatoms. The van der Waals surface area contributed by atoms with E-state index in [1.54, 1.807) is 13.8 Å². The number of carbonyl (C=O) groups is 1. The molecule has 2 unspecified atom stereocenters. The van der Waals surface area contributed by atoms with Crippen LogP contribution in [0.4, 0.5) is 4.39 Å². The van der Waals surface area contributed by atoms with Crippen LogP contribution in [0.3, 0.4) is 0 Å². The van der Waals surface area contributed by atoms with Crippen molar-refractivity contribution in [3.05, 3.63) is 62.4 Å². The molecule has 2 heterocycles. The van der Waals surface area contributed by atoms with Gasteiger partial charge in [0.1, 0.15) is 24.0 Å². The van der Waals surface area contributed by atoms with Gasteiger partial charge >= 0.3 is 19.4 Å². The van der Waals surface area contributed by atoms with Crippen LogP contribution in [-0.2, 0) is 23.4 Å². The van der Waals surface area contributed by atoms with Gasteiger partial charge in [0.25, 0.3) is 5.56 Å². The largest absolute Gasteiger partial charge is 0.462 e. The third-order valence-corrected chi connectivity index (χ3v) is 7.22. The molecule has 0 saturated carbocycles. The van der Waals surface area contributed by atoms with E-state index in [9.17, 15) is 24.1 Å². The van der Waals surface area contributed by atoms with Crippen molar-refractivity contribution < 1.29 is 37.4 Å². The highest BCUT2D eigenvalue weighted by Gasteiger charge is 2.55. The van der Waals surface area contributed by atoms with Gasteiger partial charge in [-0.1, -0.05) is 11.6 Å². The van der Waals surface area contributed by atoms with Gasteiger partial charge in [-0.3, -0.25) is 23.7 Å². The smallest absolute Gasteiger partial charge is 0.459 e. The van der Waals surface area contributed by atoms with Crippen molar-refractivity contribution in [2.75, 3.05) is 6.61 Å². The standard InChI is InChI=1S/C22H28ClFN3O9P/c1-12(2)34-19(30)13(3)26-37(32,36-15-7-5-14(23)6-8-15)33-11-16-18(29)22(4,24)20(35-16)27-10-9-17(28)25-21(27)31/h5-10,12-13,16,18,20,29H,11H2,1-4H3,(H,26,32)(H,25,28,31)/t13-,16+,18+,20?,22+,37?/m0/s1. The number of hydrogen-bond acceptors (Lipinski definition) is 9. The Balaban J connectivity index is 1.81. The summed E-state index contributed by atoms with van der Waals surface area (Å²) >= 11 is 5.87. The van der Waals surface area contributed by atoms with Gasteiger partial charge in [-0.15, -0.1) is 0 Å². The Labute approximate surface area is 216 Å². The number of carbonyl (C=O) groups excluding carboxylic acids is 1. The SMILES string of the molecule is CC(C)OC(=O)[C@H](C)NP(=O)(OC[C@H]1OC(n2ccc(=O)[nH]c2=O)[C@](C)(F)[C@@H]1O)Oc1ccc(Cl)cc1. The van der Waals surface area contributed by atoms with Gasteiger partial charge in [0, 0.05) is 17.3 Å². The molecule has 0 spiro atoms. The number of nitrogens with zero attached hydrogens (tertiary/aromatic N) is 1. The number of halogens is 2. The third kappa shape index (κ3) is 7.07. The van der Waals surface area contributed by atoms with Crippen molar-refractivity contribution in [3.8, 4) is 5.75 Å². The number of hydrogen-bond donors (Lipinski definition) is 3. The zero-order valence-electron chi connectivity index (χ0n) is 20.4. The summed E-state index contributed by atoms with van der Waals surface area (Å²) in [5.74, 6) is -0.657. The summed E-state index contributed by atoms with van der Waals surface area (Å²) in [5, 5.41) is 13.4. The molecular formula is C22H28ClFN3O9P. The number of esters is 1. The third-order valence-electron chi connectivity index (χ3n) is 5.33. The predicted octanol–water partition coefficient (Wildman–Crippen LogP) is 2.31. The van der Waals surface area contributed by atoms with Gasteiger partial charge in [0.15, 0.2) is 11.9 Å². The summed E-state index contributed by atoms with van der Waals surface area (Å²) in [7, 11) is -4.36. The van der Waals surface area contributed by atoms with Crippen molar-refractivity contribution >= 4 is 25.3 Å². The van der Waals surface area contributed by atoms with Crippen LogP contribution in [0.15, 0.2) is 46.1 Å². The molecule has 37 heavy (non-hydrogen) atoms. The predicted molar refractivity (Wildman–Crippen MR) is 130 cm³/mol. The minimum absolute atomic E-state index is 0.0746. The highest BCUT2D eigenvalue weighted by Crippen LogP contribution is 2.47. The molecule has 0 aliphatic carbocycles. The van der Waals surface area contributed by atoms with E-state index in [1.807, 2.05) is 4.98 Å². The number of aromatic nitrogens is 2. The van der Waals surface area contributed by atoms with E-state index in [2.05, 4.69) is 5.09 Å². The highest BCUT2D eigenvalue weighted by atomic mass is 35.5. The van der Waals surface area contributed by atoms with Crippen LogP contribution in [0.25, 0.3) is 0 Å². The Bertz CT molecular complexity index is 1270. The van der Waals surface area contributed by atoms with Crippen molar-refractivity contribution in [2.24, 2.45) is 0 Å². The fourth-order valence-corrected chi connectivity index (χ4v) is 5.11. The topological polar surface area (TPSA) is 158 Å². The molecule has 1 aliphatic rings. The van der Waals surface area contributed by atoms with Crippen molar-refractivity contribution in [1.29, 1.82) is 0 Å². The van der Waals surface area contributed by atoms with Crippen molar-refractivity contribution in [2.45, 2.75) is 63.9 Å². The number of rotatable bonds is 10. The van der Waals surface area contributed by atoms with E-state index in [0.29, 0.717) is 5.02 Å². The number of ether oxygens (including phenoxy) is 2. The second-order valence-electron chi connectivity index (χ2n) is 8.82. The minimum Gasteiger partial charge on any atom is -0.462 e. The van der Waals surface area contributed by atoms with Crippen LogP contribution in [0.2, 0.25) is 5.02 Å². The fourth-order valence-electron chi connectivity index (χ4n) is 3.48. The van der Waals surface area contributed by atoms with E-state index in [-0.39, 0.29) is 5.75 Å². The second-order valence-corrected chi connectivity index (χ2v) is 10.9. The van der Waals surface area contributed by atoms with Gasteiger partial charge in [-0.25, -0.2) is 13.8 Å². The maximum atomic E-state index is 15.5. The highest BCUT2D eigenvalue weighted by molar-refractivity contribution is 7.52. The first-order chi connectivity index (χ1) is 17.2. The summed E-state index contributed by atoms with van der Waals surface area (Å²) in [6, 6.07) is 5.62. The molecule has 1 aromatic carbocycles. The first-order valence-corrected chi connectivity index (χ1v) is 13.2. The number of benzene rings is 1. The van der Waals surface area contributed by atoms with Crippen molar-refractivity contribution in [1.82, 2.24) is 14.6 Å². The molecule has 0 amide bonds. The molecule has 3 rings (SSSR count). The Morgan fingerprint density at radius 1 is 1.30 bits per heavy atom. The maximum Gasteiger partial charge on any atom is 0.459 e. The van der Waals surface area contributed by atoms with Crippen LogP contribution in [-0.4, -0.2) is 57.3 Å². The normalized spacial score (nSPS) is 26.0. The summed E-state index contributed by atoms with van der Waals surface area (Å²) in [6.07, 6.45) is -4.29. The summed E-state index contributed by atoms with van der Waals surface area (Å²) in [4.78, 5) is 37.8. The Kier molecular flexibility index (Phi) is 8.99. The molecule has 204 valence electrons. The van der Waals surface area contributed by atoms with E-state index in [1.165, 1.54) is 31.2 Å². The summed E-state index contributed by atoms with van der Waals surface area (Å²) < 4.78 is 51.4. The zero-order valence-corrected chi connectivity index (χ0v) is 22.1. The number of H-pyrrole nitrogens is 1. The second kappa shape index (κ2) is 11.5. The van der Waals surface area contributed by atoms with Crippen LogP contribution in [0.1, 0.15) is 33.9 Å². The minimum atomic E-state index is -4.36. The summed E-state index contributed by atoms with van der Waals surface area (Å²) in [5.41, 5.74) is -4.15. The number of aliphatic hydroxyl groups excluding tert-OH is 1. The number of aliphatic hydroxyl groups is 1. The monoisotopic (exact) mass is 563 g/mol. The van der Waals surface area contributed by atoms with Gasteiger partial charge in [-0.05, 0) is 52.0 Å². The molecule has 1 aliphatic heterocycles. The molecule has 1 fully saturated rings. The molecule has 0 radical (unpaired) electrons. The molecule has 12 nitrogen and oxygen atoms in total. The molecule has 1 aromatic heterocycles. The maximum absolute atomic E-state index is 15.5. The molecule has 1 saturated heterocycles. The van der Waals surface area contributed by atoms with Crippen LogP contribution < -0.4 is 20.9 Å². The van der Waals surface area contributed by atoms with Gasteiger partial charge in [0.2, 0.25) is 0 Å². The lowest BCUT2D eigenvalue weighted by Crippen LogP contribution is -2.43. The van der Waals surface area contributed by atoms with E-state index in [4.69, 9.17) is 30.1 Å². The van der Waals surface area contributed by atoms with Gasteiger partial charge in [-0.2, -0.15) is 5.09 Å². The average molecular weight is 564 g/mol. The Hall–Kier alpha value is -2.54. The zero-order chi connectivity index (χ0) is 27.5. The first-order valence-electron chi connectivity index (χ1n) is 11.2. The van der Waals surface area contributed by atoms with E-state index >= 15 is 4.39 Å². The Morgan fingerprint density at radius 2 is 1.95 bits per heavy atom. The van der Waals surface area contributed by atoms with Crippen molar-refractivity contribution in [3.63, 3.8) is 0 Å². The lowest BCUT2D eigenvalue weighted by molar-refractivity contribution is -0.149. The number of aromatic amines is 1. The fraction of sp³-hybridized carbons (Fsp3) is 0.500. The van der Waals surface area contributed by atoms with Crippen LogP contribution in [0, 0.1) is 0 Å². The van der Waals surface area contributed by atoms with E-state index in [0.717, 1.165) is 23.8 Å². The first kappa shape index (κ1) is 29.0. The van der Waals surface area contributed by atoms with Crippen LogP contribution in [0.5, 0.6) is 5.75 Å². The molecule has 3 N–H and O–H groups in total. The molecular weight excluding hydrogens is 536 g/mol. The molecule has 6 atom stereocenters. The average Bonchev–Trinajstić information content (AvgIpc) is 3.02. The lowest BCUT2D eigenvalue weighted by Gasteiger charge is -2.25. The van der Waals surface area contributed by atoms with Crippen LogP contribution >= 0.6 is 19.3 Å². The quantitative estimate of drug-likeness (QED) is 0.289. The summed E-state index contributed by atoms with van der Waals surface area (Å²) in [6.45, 7) is 5.00. The molecule has 0 bridgehead atoms. The van der Waals surface area contributed by atoms with Gasteiger partial charge in [0.05, 0.1) is 12.7 Å². The van der Waals surface area contributed by atoms with E-state index < -0.39 is 67.8 Å². The van der Waals surface area contributed by atoms with Gasteiger partial charge < -0.3 is 19.1 Å². The molecule has 2 aromatic rings.